The van der Waals surface area contributed by atoms with E-state index in [0.717, 1.165) is 27.8 Å². The van der Waals surface area contributed by atoms with Gasteiger partial charge in [0.15, 0.2) is 0 Å². The first-order chi connectivity index (χ1) is 10.1. The Morgan fingerprint density at radius 2 is 2.00 bits per heavy atom. The summed E-state index contributed by atoms with van der Waals surface area (Å²) in [6, 6.07) is 7.69. The number of rotatable bonds is 2. The van der Waals surface area contributed by atoms with Gasteiger partial charge in [-0.3, -0.25) is 14.9 Å². The van der Waals surface area contributed by atoms with Crippen LogP contribution in [0.4, 0.5) is 5.69 Å². The number of nitrogens with one attached hydrogen (secondary N) is 2. The van der Waals surface area contributed by atoms with Crippen LogP contribution < -0.4 is 5.32 Å². The Bertz CT molecular complexity index is 816. The largest absolute Gasteiger partial charge is 0.321 e. The fourth-order valence-electron chi connectivity index (χ4n) is 2.49. The summed E-state index contributed by atoms with van der Waals surface area (Å²) in [7, 11) is 0. The highest BCUT2D eigenvalue weighted by molar-refractivity contribution is 6.10. The predicted octanol–water partition coefficient (Wildman–Crippen LogP) is 3.14. The van der Waals surface area contributed by atoms with Gasteiger partial charge in [0.1, 0.15) is 0 Å². The Balaban J connectivity index is 2.03. The maximum absolute atomic E-state index is 12.5. The molecule has 0 unspecified atom stereocenters. The number of anilines is 1. The summed E-state index contributed by atoms with van der Waals surface area (Å²) < 4.78 is 0. The summed E-state index contributed by atoms with van der Waals surface area (Å²) in [5.74, 6) is -0.159. The van der Waals surface area contributed by atoms with E-state index in [-0.39, 0.29) is 5.91 Å². The van der Waals surface area contributed by atoms with Crippen molar-refractivity contribution in [1.29, 1.82) is 0 Å². The second-order valence-electron chi connectivity index (χ2n) is 5.09. The molecule has 2 N–H and O–H groups in total. The topological polar surface area (TPSA) is 70.7 Å². The summed E-state index contributed by atoms with van der Waals surface area (Å²) in [6.07, 6.45) is 1.76. The van der Waals surface area contributed by atoms with Crippen LogP contribution in [-0.2, 0) is 0 Å². The van der Waals surface area contributed by atoms with Crippen molar-refractivity contribution in [3.05, 3.63) is 53.0 Å². The third kappa shape index (κ3) is 2.27. The Labute approximate surface area is 122 Å². The minimum absolute atomic E-state index is 0.159. The smallest absolute Gasteiger partial charge is 0.259 e. The highest BCUT2D eigenvalue weighted by Crippen LogP contribution is 2.25. The average Bonchev–Trinajstić information content (AvgIpc) is 2.81. The second kappa shape index (κ2) is 5.01. The Morgan fingerprint density at radius 3 is 2.71 bits per heavy atom. The standard InChI is InChI=1S/C16H16N4O/c1-9-6-7-13(12-5-4-8-17-15(9)12)18-16(21)14-10(2)19-20-11(14)3/h4-8H,1-3H3,(H,18,21)(H,19,20). The van der Waals surface area contributed by atoms with Gasteiger partial charge in [-0.2, -0.15) is 5.10 Å². The van der Waals surface area contributed by atoms with E-state index < -0.39 is 0 Å². The van der Waals surface area contributed by atoms with Crippen LogP contribution >= 0.6 is 0 Å². The van der Waals surface area contributed by atoms with E-state index in [4.69, 9.17) is 0 Å². The highest BCUT2D eigenvalue weighted by Gasteiger charge is 2.16. The molecular formula is C16H16N4O. The number of hydrogen-bond donors (Lipinski definition) is 2. The molecule has 2 aromatic heterocycles. The Morgan fingerprint density at radius 1 is 1.19 bits per heavy atom. The highest BCUT2D eigenvalue weighted by atomic mass is 16.1. The lowest BCUT2D eigenvalue weighted by atomic mass is 10.1. The molecule has 5 nitrogen and oxygen atoms in total. The van der Waals surface area contributed by atoms with Crippen LogP contribution in [0.3, 0.4) is 0 Å². The Hall–Kier alpha value is -2.69. The van der Waals surface area contributed by atoms with E-state index in [9.17, 15) is 4.79 Å². The van der Waals surface area contributed by atoms with Crippen molar-refractivity contribution in [2.24, 2.45) is 0 Å². The van der Waals surface area contributed by atoms with Gasteiger partial charge in [-0.25, -0.2) is 0 Å². The molecule has 1 amide bonds. The van der Waals surface area contributed by atoms with Crippen LogP contribution in [0.5, 0.6) is 0 Å². The van der Waals surface area contributed by atoms with E-state index in [1.54, 1.807) is 6.20 Å². The number of hydrogen-bond acceptors (Lipinski definition) is 3. The summed E-state index contributed by atoms with van der Waals surface area (Å²) >= 11 is 0. The average molecular weight is 280 g/mol. The lowest BCUT2D eigenvalue weighted by Crippen LogP contribution is -2.14. The fraction of sp³-hybridized carbons (Fsp3) is 0.188. The fourth-order valence-corrected chi connectivity index (χ4v) is 2.49. The summed E-state index contributed by atoms with van der Waals surface area (Å²) in [4.78, 5) is 16.8. The number of nitrogens with zero attached hydrogens (tertiary/aromatic N) is 2. The number of H-pyrrole nitrogens is 1. The van der Waals surface area contributed by atoms with Gasteiger partial charge in [0.2, 0.25) is 0 Å². The Kier molecular flexibility index (Phi) is 3.17. The van der Waals surface area contributed by atoms with Crippen molar-refractivity contribution in [1.82, 2.24) is 15.2 Å². The first kappa shape index (κ1) is 13.3. The number of fused-ring (bicyclic) bond motifs is 1. The minimum atomic E-state index is -0.159. The maximum Gasteiger partial charge on any atom is 0.259 e. The molecule has 0 aliphatic heterocycles. The lowest BCUT2D eigenvalue weighted by molar-refractivity contribution is 0.102. The van der Waals surface area contributed by atoms with Crippen molar-refractivity contribution in [2.75, 3.05) is 5.32 Å². The molecule has 0 aliphatic rings. The van der Waals surface area contributed by atoms with Crippen LogP contribution in [0.1, 0.15) is 27.3 Å². The molecule has 1 aromatic carbocycles. The van der Waals surface area contributed by atoms with Crippen LogP contribution in [0.2, 0.25) is 0 Å². The molecule has 0 saturated carbocycles. The van der Waals surface area contributed by atoms with Gasteiger partial charge >= 0.3 is 0 Å². The quantitative estimate of drug-likeness (QED) is 0.757. The summed E-state index contributed by atoms with van der Waals surface area (Å²) in [5.41, 5.74) is 4.79. The molecule has 5 heteroatoms. The van der Waals surface area contributed by atoms with Crippen LogP contribution in [-0.4, -0.2) is 21.1 Å². The number of benzene rings is 1. The zero-order chi connectivity index (χ0) is 15.0. The van der Waals surface area contributed by atoms with Gasteiger partial charge in [-0.05, 0) is 44.5 Å². The molecule has 3 aromatic rings. The number of carbonyl (C=O) groups excluding carboxylic acids is 1. The minimum Gasteiger partial charge on any atom is -0.321 e. The number of pyridine rings is 1. The van der Waals surface area contributed by atoms with Gasteiger partial charge < -0.3 is 5.32 Å². The van der Waals surface area contributed by atoms with E-state index in [1.165, 1.54) is 0 Å². The third-order valence-corrected chi connectivity index (χ3v) is 3.57. The second-order valence-corrected chi connectivity index (χ2v) is 5.09. The molecule has 0 atom stereocenters. The van der Waals surface area contributed by atoms with Crippen LogP contribution in [0, 0.1) is 20.8 Å². The number of amides is 1. The zero-order valence-corrected chi connectivity index (χ0v) is 12.2. The van der Waals surface area contributed by atoms with E-state index in [2.05, 4.69) is 20.5 Å². The molecule has 106 valence electrons. The molecular weight excluding hydrogens is 264 g/mol. The van der Waals surface area contributed by atoms with Crippen molar-refractivity contribution < 1.29 is 4.79 Å². The zero-order valence-electron chi connectivity index (χ0n) is 12.2. The van der Waals surface area contributed by atoms with Gasteiger partial charge in [0.05, 0.1) is 22.5 Å². The first-order valence-corrected chi connectivity index (χ1v) is 6.75. The van der Waals surface area contributed by atoms with Crippen molar-refractivity contribution in [3.63, 3.8) is 0 Å². The number of aromatic nitrogens is 3. The molecule has 0 fully saturated rings. The monoisotopic (exact) mass is 280 g/mol. The molecule has 0 radical (unpaired) electrons. The molecule has 0 aliphatic carbocycles. The summed E-state index contributed by atoms with van der Waals surface area (Å²) in [6.45, 7) is 5.66. The molecule has 21 heavy (non-hydrogen) atoms. The SMILES string of the molecule is Cc1n[nH]c(C)c1C(=O)Nc1ccc(C)c2ncccc12. The number of aryl methyl sites for hydroxylation is 3. The molecule has 2 heterocycles. The van der Waals surface area contributed by atoms with Gasteiger partial charge in [-0.1, -0.05) is 6.07 Å². The third-order valence-electron chi connectivity index (χ3n) is 3.57. The van der Waals surface area contributed by atoms with Crippen LogP contribution in [0.25, 0.3) is 10.9 Å². The normalized spacial score (nSPS) is 10.8. The maximum atomic E-state index is 12.5. The van der Waals surface area contributed by atoms with Crippen molar-refractivity contribution in [3.8, 4) is 0 Å². The van der Waals surface area contributed by atoms with Crippen molar-refractivity contribution >= 4 is 22.5 Å². The molecule has 0 spiro atoms. The van der Waals surface area contributed by atoms with Crippen molar-refractivity contribution in [2.45, 2.75) is 20.8 Å². The number of aromatic amines is 1. The van der Waals surface area contributed by atoms with Gasteiger partial charge in [0.25, 0.3) is 5.91 Å². The lowest BCUT2D eigenvalue weighted by Gasteiger charge is -2.10. The summed E-state index contributed by atoms with van der Waals surface area (Å²) in [5, 5.41) is 10.8. The van der Waals surface area contributed by atoms with E-state index in [1.807, 2.05) is 45.0 Å². The first-order valence-electron chi connectivity index (χ1n) is 6.75. The molecule has 0 bridgehead atoms. The molecule has 3 rings (SSSR count). The van der Waals surface area contributed by atoms with E-state index in [0.29, 0.717) is 11.3 Å². The van der Waals surface area contributed by atoms with E-state index >= 15 is 0 Å². The predicted molar refractivity (Wildman–Crippen MR) is 82.5 cm³/mol. The van der Waals surface area contributed by atoms with Gasteiger partial charge in [0, 0.05) is 17.3 Å². The van der Waals surface area contributed by atoms with Gasteiger partial charge in [-0.15, -0.1) is 0 Å². The van der Waals surface area contributed by atoms with Crippen LogP contribution in [0.15, 0.2) is 30.5 Å². The molecule has 0 saturated heterocycles. The number of carbonyl (C=O) groups is 1.